The summed E-state index contributed by atoms with van der Waals surface area (Å²) in [6, 6.07) is 1.83. The van der Waals surface area contributed by atoms with E-state index in [9.17, 15) is 9.59 Å². The fourth-order valence-electron chi connectivity index (χ4n) is 1.10. The molecule has 1 fully saturated rings. The summed E-state index contributed by atoms with van der Waals surface area (Å²) in [4.78, 5) is 22.2. The van der Waals surface area contributed by atoms with Gasteiger partial charge < -0.3 is 10.6 Å². The molecular weight excluding hydrogens is 202 g/mol. The maximum absolute atomic E-state index is 11.2. The Bertz CT molecular complexity index is 268. The van der Waals surface area contributed by atoms with Crippen LogP contribution in [0.25, 0.3) is 0 Å². The SMILES string of the molecule is N#CCNC(=O)C(=O)NC1CCSC1. The lowest BCUT2D eigenvalue weighted by atomic mass is 10.2. The van der Waals surface area contributed by atoms with Crippen LogP contribution >= 0.6 is 11.8 Å². The normalized spacial score (nSPS) is 19.8. The minimum atomic E-state index is -0.733. The molecule has 0 aromatic heterocycles. The van der Waals surface area contributed by atoms with Crippen LogP contribution in [0.5, 0.6) is 0 Å². The average molecular weight is 213 g/mol. The predicted octanol–water partition coefficient (Wildman–Crippen LogP) is -0.752. The van der Waals surface area contributed by atoms with Crippen molar-refractivity contribution in [3.63, 3.8) is 0 Å². The molecular formula is C8H11N3O2S. The molecule has 6 heteroatoms. The number of thioether (sulfide) groups is 1. The van der Waals surface area contributed by atoms with E-state index >= 15 is 0 Å². The molecule has 0 radical (unpaired) electrons. The van der Waals surface area contributed by atoms with E-state index in [1.54, 1.807) is 17.8 Å². The molecule has 1 atom stereocenters. The summed E-state index contributed by atoms with van der Waals surface area (Å²) in [5, 5.41) is 13.0. The number of carbonyl (C=O) groups excluding carboxylic acids is 2. The van der Waals surface area contributed by atoms with Gasteiger partial charge in [-0.3, -0.25) is 9.59 Å². The monoisotopic (exact) mass is 213 g/mol. The Morgan fingerprint density at radius 1 is 1.50 bits per heavy atom. The average Bonchev–Trinajstić information content (AvgIpc) is 2.66. The smallest absolute Gasteiger partial charge is 0.310 e. The fourth-order valence-corrected chi connectivity index (χ4v) is 2.25. The van der Waals surface area contributed by atoms with Crippen molar-refractivity contribution in [2.45, 2.75) is 12.5 Å². The van der Waals surface area contributed by atoms with Gasteiger partial charge >= 0.3 is 11.8 Å². The molecule has 1 aliphatic heterocycles. The molecule has 0 aromatic carbocycles. The minimum absolute atomic E-state index is 0.0975. The van der Waals surface area contributed by atoms with Crippen molar-refractivity contribution >= 4 is 23.6 Å². The van der Waals surface area contributed by atoms with Gasteiger partial charge in [0.25, 0.3) is 0 Å². The van der Waals surface area contributed by atoms with Crippen molar-refractivity contribution in [2.75, 3.05) is 18.1 Å². The second-order valence-corrected chi connectivity index (χ2v) is 4.02. The zero-order valence-corrected chi connectivity index (χ0v) is 8.39. The van der Waals surface area contributed by atoms with E-state index in [-0.39, 0.29) is 12.6 Å². The van der Waals surface area contributed by atoms with Crippen LogP contribution in [0.15, 0.2) is 0 Å². The lowest BCUT2D eigenvalue weighted by Gasteiger charge is -2.09. The first-order valence-corrected chi connectivity index (χ1v) is 5.43. The van der Waals surface area contributed by atoms with Crippen molar-refractivity contribution < 1.29 is 9.59 Å². The summed E-state index contributed by atoms with van der Waals surface area (Å²) in [6.07, 6.45) is 0.905. The lowest BCUT2D eigenvalue weighted by Crippen LogP contribution is -2.44. The molecule has 0 saturated carbocycles. The molecule has 0 bridgehead atoms. The van der Waals surface area contributed by atoms with Gasteiger partial charge in [-0.25, -0.2) is 0 Å². The van der Waals surface area contributed by atoms with E-state index in [0.29, 0.717) is 0 Å². The van der Waals surface area contributed by atoms with Crippen LogP contribution in [0.1, 0.15) is 6.42 Å². The lowest BCUT2D eigenvalue weighted by molar-refractivity contribution is -0.139. The van der Waals surface area contributed by atoms with Gasteiger partial charge in [-0.2, -0.15) is 17.0 Å². The number of nitrogens with one attached hydrogen (secondary N) is 2. The predicted molar refractivity (Wildman–Crippen MR) is 52.5 cm³/mol. The fraction of sp³-hybridized carbons (Fsp3) is 0.625. The second-order valence-electron chi connectivity index (χ2n) is 2.87. The largest absolute Gasteiger partial charge is 0.344 e. The van der Waals surface area contributed by atoms with Crippen LogP contribution in [-0.4, -0.2) is 35.9 Å². The highest BCUT2D eigenvalue weighted by molar-refractivity contribution is 7.99. The second kappa shape index (κ2) is 5.50. The molecule has 76 valence electrons. The van der Waals surface area contributed by atoms with Crippen LogP contribution in [0.3, 0.4) is 0 Å². The van der Waals surface area contributed by atoms with E-state index < -0.39 is 11.8 Å². The quantitative estimate of drug-likeness (QED) is 0.467. The molecule has 2 amide bonds. The van der Waals surface area contributed by atoms with Gasteiger partial charge in [0.1, 0.15) is 6.54 Å². The molecule has 1 unspecified atom stereocenters. The van der Waals surface area contributed by atoms with Crippen molar-refractivity contribution in [1.82, 2.24) is 10.6 Å². The third-order valence-electron chi connectivity index (χ3n) is 1.80. The molecule has 5 nitrogen and oxygen atoms in total. The van der Waals surface area contributed by atoms with E-state index in [2.05, 4.69) is 10.6 Å². The molecule has 1 saturated heterocycles. The van der Waals surface area contributed by atoms with E-state index in [0.717, 1.165) is 17.9 Å². The van der Waals surface area contributed by atoms with Gasteiger partial charge in [-0.05, 0) is 12.2 Å². The van der Waals surface area contributed by atoms with Gasteiger partial charge in [-0.15, -0.1) is 0 Å². The van der Waals surface area contributed by atoms with Crippen molar-refractivity contribution in [3.05, 3.63) is 0 Å². The number of nitriles is 1. The molecule has 0 aliphatic carbocycles. The zero-order valence-electron chi connectivity index (χ0n) is 7.58. The Balaban J connectivity index is 2.26. The Hall–Kier alpha value is -1.22. The standard InChI is InChI=1S/C8H11N3O2S/c9-2-3-10-7(12)8(13)11-6-1-4-14-5-6/h6H,1,3-5H2,(H,10,12)(H,11,13). The summed E-state index contributed by atoms with van der Waals surface area (Å²) in [5.41, 5.74) is 0. The maximum atomic E-state index is 11.2. The summed E-state index contributed by atoms with van der Waals surface area (Å²) in [5.74, 6) is 0.498. The van der Waals surface area contributed by atoms with Gasteiger partial charge in [0, 0.05) is 11.8 Å². The highest BCUT2D eigenvalue weighted by Crippen LogP contribution is 2.16. The topological polar surface area (TPSA) is 82.0 Å². The summed E-state index contributed by atoms with van der Waals surface area (Å²) < 4.78 is 0. The number of hydrogen-bond acceptors (Lipinski definition) is 4. The first kappa shape index (κ1) is 10.9. The van der Waals surface area contributed by atoms with Crippen molar-refractivity contribution in [2.24, 2.45) is 0 Å². The molecule has 0 aromatic rings. The van der Waals surface area contributed by atoms with Crippen molar-refractivity contribution in [3.8, 4) is 6.07 Å². The Kier molecular flexibility index (Phi) is 4.26. The summed E-state index contributed by atoms with van der Waals surface area (Å²) >= 11 is 1.75. The number of carbonyl (C=O) groups is 2. The van der Waals surface area contributed by atoms with Gasteiger partial charge in [0.2, 0.25) is 0 Å². The highest BCUT2D eigenvalue weighted by Gasteiger charge is 2.21. The highest BCUT2D eigenvalue weighted by atomic mass is 32.2. The summed E-state index contributed by atoms with van der Waals surface area (Å²) in [6.45, 7) is -0.133. The first-order chi connectivity index (χ1) is 6.74. The third-order valence-corrected chi connectivity index (χ3v) is 2.96. The molecule has 0 spiro atoms. The van der Waals surface area contributed by atoms with Crippen molar-refractivity contribution in [1.29, 1.82) is 5.26 Å². The van der Waals surface area contributed by atoms with Crippen LogP contribution in [0, 0.1) is 11.3 Å². The van der Waals surface area contributed by atoms with Crippen LogP contribution in [-0.2, 0) is 9.59 Å². The molecule has 1 rings (SSSR count). The van der Waals surface area contributed by atoms with Crippen LogP contribution in [0.2, 0.25) is 0 Å². The maximum Gasteiger partial charge on any atom is 0.310 e. The Morgan fingerprint density at radius 3 is 2.86 bits per heavy atom. The Labute approximate surface area is 86.2 Å². The van der Waals surface area contributed by atoms with E-state index in [1.165, 1.54) is 0 Å². The van der Waals surface area contributed by atoms with E-state index in [1.807, 2.05) is 0 Å². The van der Waals surface area contributed by atoms with Gasteiger partial charge in [0.15, 0.2) is 0 Å². The number of amides is 2. The Morgan fingerprint density at radius 2 is 2.29 bits per heavy atom. The summed E-state index contributed by atoms with van der Waals surface area (Å²) in [7, 11) is 0. The van der Waals surface area contributed by atoms with Gasteiger partial charge in [-0.1, -0.05) is 0 Å². The first-order valence-electron chi connectivity index (χ1n) is 4.27. The van der Waals surface area contributed by atoms with Crippen LogP contribution < -0.4 is 10.6 Å². The molecule has 14 heavy (non-hydrogen) atoms. The number of nitrogens with zero attached hydrogens (tertiary/aromatic N) is 1. The number of rotatable bonds is 2. The molecule has 2 N–H and O–H groups in total. The van der Waals surface area contributed by atoms with Gasteiger partial charge in [0.05, 0.1) is 6.07 Å². The van der Waals surface area contributed by atoms with Crippen LogP contribution in [0.4, 0.5) is 0 Å². The van der Waals surface area contributed by atoms with E-state index in [4.69, 9.17) is 5.26 Å². The molecule has 1 heterocycles. The minimum Gasteiger partial charge on any atom is -0.344 e. The zero-order chi connectivity index (χ0) is 10.4. The molecule has 1 aliphatic rings. The number of hydrogen-bond donors (Lipinski definition) is 2. The third kappa shape index (κ3) is 3.26.